The molecule has 1 atom stereocenters. The zero-order valence-corrected chi connectivity index (χ0v) is 12.3. The van der Waals surface area contributed by atoms with E-state index < -0.39 is 0 Å². The molecule has 0 amide bonds. The highest BCUT2D eigenvalue weighted by atomic mass is 14.7. The Labute approximate surface area is 121 Å². The minimum Gasteiger partial charge on any atom is -0.324 e. The van der Waals surface area contributed by atoms with Crippen LogP contribution in [-0.2, 0) is 0 Å². The first-order chi connectivity index (χ1) is 9.72. The number of aryl methyl sites for hydroxylation is 1. The van der Waals surface area contributed by atoms with Crippen LogP contribution >= 0.6 is 0 Å². The van der Waals surface area contributed by atoms with Crippen molar-refractivity contribution >= 4 is 10.9 Å². The van der Waals surface area contributed by atoms with Crippen LogP contribution in [0.4, 0.5) is 0 Å². The van der Waals surface area contributed by atoms with Gasteiger partial charge in [-0.05, 0) is 49.4 Å². The number of hydrogen-bond donors (Lipinski definition) is 1. The van der Waals surface area contributed by atoms with Crippen molar-refractivity contribution in [3.63, 3.8) is 0 Å². The van der Waals surface area contributed by atoms with Gasteiger partial charge in [0.15, 0.2) is 0 Å². The molecule has 0 spiro atoms. The van der Waals surface area contributed by atoms with E-state index in [0.29, 0.717) is 0 Å². The molecule has 1 aromatic carbocycles. The van der Waals surface area contributed by atoms with Gasteiger partial charge in [0.1, 0.15) is 0 Å². The van der Waals surface area contributed by atoms with Gasteiger partial charge >= 0.3 is 0 Å². The number of nitrogens with two attached hydrogens (primary N) is 1. The van der Waals surface area contributed by atoms with Crippen LogP contribution in [0.15, 0.2) is 30.3 Å². The monoisotopic (exact) mass is 268 g/mol. The minimum atomic E-state index is 0.168. The van der Waals surface area contributed by atoms with Crippen LogP contribution in [0.5, 0.6) is 0 Å². The van der Waals surface area contributed by atoms with E-state index in [0.717, 1.165) is 23.5 Å². The minimum absolute atomic E-state index is 0.168. The molecule has 1 fully saturated rings. The Balaban J connectivity index is 1.70. The first-order valence-corrected chi connectivity index (χ1v) is 7.85. The quantitative estimate of drug-likeness (QED) is 0.885. The van der Waals surface area contributed by atoms with E-state index in [1.807, 2.05) is 6.92 Å². The molecule has 0 radical (unpaired) electrons. The maximum Gasteiger partial charge on any atom is 0.0705 e. The molecule has 1 saturated carbocycles. The van der Waals surface area contributed by atoms with Gasteiger partial charge in [0, 0.05) is 17.1 Å². The van der Waals surface area contributed by atoms with Crippen molar-refractivity contribution in [2.24, 2.45) is 11.7 Å². The second kappa shape index (κ2) is 5.92. The number of nitrogens with zero attached hydrogens (tertiary/aromatic N) is 1. The summed E-state index contributed by atoms with van der Waals surface area (Å²) in [5.41, 5.74) is 9.76. The standard InChI is InChI=1S/C18H24N2/c1-13-6-8-16-12-15(9-11-18(16)20-13)17(19)10-7-14-4-2-3-5-14/h6,8-9,11-12,14,17H,2-5,7,10,19H2,1H3. The summed E-state index contributed by atoms with van der Waals surface area (Å²) in [6.45, 7) is 2.03. The normalized spacial score (nSPS) is 17.7. The number of benzene rings is 1. The van der Waals surface area contributed by atoms with Crippen molar-refractivity contribution < 1.29 is 0 Å². The molecule has 0 bridgehead atoms. The van der Waals surface area contributed by atoms with Crippen molar-refractivity contribution in [1.82, 2.24) is 4.98 Å². The summed E-state index contributed by atoms with van der Waals surface area (Å²) < 4.78 is 0. The van der Waals surface area contributed by atoms with Gasteiger partial charge in [-0.3, -0.25) is 4.98 Å². The van der Waals surface area contributed by atoms with E-state index in [1.54, 1.807) is 0 Å². The summed E-state index contributed by atoms with van der Waals surface area (Å²) in [4.78, 5) is 4.54. The van der Waals surface area contributed by atoms with E-state index >= 15 is 0 Å². The number of aromatic nitrogens is 1. The Hall–Kier alpha value is -1.41. The highest BCUT2D eigenvalue weighted by Gasteiger charge is 2.16. The fourth-order valence-corrected chi connectivity index (χ4v) is 3.36. The number of hydrogen-bond acceptors (Lipinski definition) is 2. The van der Waals surface area contributed by atoms with E-state index in [-0.39, 0.29) is 6.04 Å². The Morgan fingerprint density at radius 2 is 2.00 bits per heavy atom. The van der Waals surface area contributed by atoms with E-state index in [2.05, 4.69) is 35.3 Å². The predicted octanol–water partition coefficient (Wildman–Crippen LogP) is 4.51. The van der Waals surface area contributed by atoms with Crippen LogP contribution in [0, 0.1) is 12.8 Å². The molecule has 2 aromatic rings. The summed E-state index contributed by atoms with van der Waals surface area (Å²) in [5.74, 6) is 0.922. The molecule has 1 aliphatic carbocycles. The number of pyridine rings is 1. The second-order valence-corrected chi connectivity index (χ2v) is 6.24. The zero-order chi connectivity index (χ0) is 13.9. The van der Waals surface area contributed by atoms with Crippen LogP contribution in [0.25, 0.3) is 10.9 Å². The molecule has 1 heterocycles. The van der Waals surface area contributed by atoms with Gasteiger partial charge < -0.3 is 5.73 Å². The van der Waals surface area contributed by atoms with Gasteiger partial charge in [0.25, 0.3) is 0 Å². The van der Waals surface area contributed by atoms with E-state index in [1.165, 1.54) is 43.1 Å². The average Bonchev–Trinajstić information content (AvgIpc) is 2.97. The van der Waals surface area contributed by atoms with Gasteiger partial charge in [-0.15, -0.1) is 0 Å². The second-order valence-electron chi connectivity index (χ2n) is 6.24. The maximum absolute atomic E-state index is 6.37. The Kier molecular flexibility index (Phi) is 4.02. The third-order valence-corrected chi connectivity index (χ3v) is 4.64. The molecule has 106 valence electrons. The van der Waals surface area contributed by atoms with Gasteiger partial charge in [-0.2, -0.15) is 0 Å². The fourth-order valence-electron chi connectivity index (χ4n) is 3.36. The van der Waals surface area contributed by atoms with E-state index in [4.69, 9.17) is 5.73 Å². The van der Waals surface area contributed by atoms with Crippen LogP contribution in [-0.4, -0.2) is 4.98 Å². The summed E-state index contributed by atoms with van der Waals surface area (Å²) in [5, 5.41) is 1.20. The SMILES string of the molecule is Cc1ccc2cc(C(N)CCC3CCCC3)ccc2n1. The first-order valence-electron chi connectivity index (χ1n) is 7.85. The third kappa shape index (κ3) is 3.01. The van der Waals surface area contributed by atoms with Crippen molar-refractivity contribution in [1.29, 1.82) is 0 Å². The number of rotatable bonds is 4. The number of fused-ring (bicyclic) bond motifs is 1. The molecule has 3 rings (SSSR count). The molecule has 1 unspecified atom stereocenters. The van der Waals surface area contributed by atoms with Gasteiger partial charge in [0.05, 0.1) is 5.52 Å². The summed E-state index contributed by atoms with van der Waals surface area (Å²) >= 11 is 0. The highest BCUT2D eigenvalue weighted by Crippen LogP contribution is 2.31. The van der Waals surface area contributed by atoms with E-state index in [9.17, 15) is 0 Å². The Morgan fingerprint density at radius 3 is 2.80 bits per heavy atom. The van der Waals surface area contributed by atoms with Gasteiger partial charge in [-0.25, -0.2) is 0 Å². The van der Waals surface area contributed by atoms with Crippen LogP contribution in [0.1, 0.15) is 55.8 Å². The molecule has 2 nitrogen and oxygen atoms in total. The summed E-state index contributed by atoms with van der Waals surface area (Å²) in [7, 11) is 0. The third-order valence-electron chi connectivity index (χ3n) is 4.64. The fraction of sp³-hybridized carbons (Fsp3) is 0.500. The smallest absolute Gasteiger partial charge is 0.0705 e. The Bertz CT molecular complexity index is 585. The molecule has 1 aromatic heterocycles. The average molecular weight is 268 g/mol. The predicted molar refractivity (Wildman–Crippen MR) is 84.6 cm³/mol. The lowest BCUT2D eigenvalue weighted by Crippen LogP contribution is -2.11. The molecule has 0 saturated heterocycles. The molecule has 2 heteroatoms. The summed E-state index contributed by atoms with van der Waals surface area (Å²) in [6, 6.07) is 10.8. The lowest BCUT2D eigenvalue weighted by Gasteiger charge is -2.15. The van der Waals surface area contributed by atoms with Crippen molar-refractivity contribution in [3.8, 4) is 0 Å². The molecule has 0 aliphatic heterocycles. The van der Waals surface area contributed by atoms with Crippen molar-refractivity contribution in [2.75, 3.05) is 0 Å². The van der Waals surface area contributed by atoms with Crippen molar-refractivity contribution in [3.05, 3.63) is 41.6 Å². The lowest BCUT2D eigenvalue weighted by molar-refractivity contribution is 0.454. The topological polar surface area (TPSA) is 38.9 Å². The molecule has 20 heavy (non-hydrogen) atoms. The first kappa shape index (κ1) is 13.6. The van der Waals surface area contributed by atoms with Gasteiger partial charge in [-0.1, -0.05) is 37.8 Å². The Morgan fingerprint density at radius 1 is 1.20 bits per heavy atom. The highest BCUT2D eigenvalue weighted by molar-refractivity contribution is 5.79. The largest absolute Gasteiger partial charge is 0.324 e. The zero-order valence-electron chi connectivity index (χ0n) is 12.3. The molecule has 2 N–H and O–H groups in total. The molecular formula is C18H24N2. The van der Waals surface area contributed by atoms with Crippen LogP contribution in [0.2, 0.25) is 0 Å². The van der Waals surface area contributed by atoms with Crippen LogP contribution < -0.4 is 5.73 Å². The molecular weight excluding hydrogens is 244 g/mol. The summed E-state index contributed by atoms with van der Waals surface area (Å²) in [6.07, 6.45) is 8.05. The molecule has 1 aliphatic rings. The maximum atomic E-state index is 6.37. The van der Waals surface area contributed by atoms with Gasteiger partial charge in [0.2, 0.25) is 0 Å². The lowest BCUT2D eigenvalue weighted by atomic mass is 9.94. The van der Waals surface area contributed by atoms with Crippen LogP contribution in [0.3, 0.4) is 0 Å². The van der Waals surface area contributed by atoms with Crippen molar-refractivity contribution in [2.45, 2.75) is 51.5 Å².